The quantitative estimate of drug-likeness (QED) is 0.837. The monoisotopic (exact) mass is 317 g/mol. The third-order valence-corrected chi connectivity index (χ3v) is 4.39. The minimum absolute atomic E-state index is 0.0369. The van der Waals surface area contributed by atoms with Gasteiger partial charge in [-0.05, 0) is 29.2 Å². The van der Waals surface area contributed by atoms with Crippen LogP contribution < -0.4 is 5.32 Å². The highest BCUT2D eigenvalue weighted by Crippen LogP contribution is 2.14. The molecule has 0 unspecified atom stereocenters. The van der Waals surface area contributed by atoms with Crippen LogP contribution in [-0.4, -0.2) is 18.2 Å². The fourth-order valence-electron chi connectivity index (χ4n) is 2.06. The molecule has 2 rings (SSSR count). The summed E-state index contributed by atoms with van der Waals surface area (Å²) >= 11 is 1.53. The highest BCUT2D eigenvalue weighted by Gasteiger charge is 2.07. The van der Waals surface area contributed by atoms with Crippen LogP contribution in [0.1, 0.15) is 24.0 Å². The minimum atomic E-state index is -0.235. The van der Waals surface area contributed by atoms with Crippen molar-refractivity contribution in [2.24, 2.45) is 0 Å². The lowest BCUT2D eigenvalue weighted by molar-refractivity contribution is -0.118. The zero-order valence-corrected chi connectivity index (χ0v) is 13.4. The Bertz CT molecular complexity index is 586. The molecular weight excluding hydrogens is 297 g/mol. The summed E-state index contributed by atoms with van der Waals surface area (Å²) < 4.78 is 12.8. The van der Waals surface area contributed by atoms with E-state index >= 15 is 0 Å². The Morgan fingerprint density at radius 3 is 2.50 bits per heavy atom. The summed E-state index contributed by atoms with van der Waals surface area (Å²) in [7, 11) is 0. The summed E-state index contributed by atoms with van der Waals surface area (Å²) in [5.74, 6) is 1.23. The molecule has 0 bridgehead atoms. The van der Waals surface area contributed by atoms with E-state index in [-0.39, 0.29) is 11.7 Å². The van der Waals surface area contributed by atoms with Crippen LogP contribution in [0.15, 0.2) is 54.6 Å². The number of nitrogens with one attached hydrogen (secondary N) is 1. The summed E-state index contributed by atoms with van der Waals surface area (Å²) in [6, 6.07) is 16.5. The van der Waals surface area contributed by atoms with Gasteiger partial charge in [-0.1, -0.05) is 49.4 Å². The molecule has 0 spiro atoms. The third-order valence-electron chi connectivity index (χ3n) is 3.39. The lowest BCUT2D eigenvalue weighted by Crippen LogP contribution is -2.29. The predicted molar refractivity (Wildman–Crippen MR) is 90.4 cm³/mol. The van der Waals surface area contributed by atoms with Crippen molar-refractivity contribution in [2.45, 2.75) is 18.6 Å². The Morgan fingerprint density at radius 2 is 1.82 bits per heavy atom. The average Bonchev–Trinajstić information content (AvgIpc) is 2.55. The summed E-state index contributed by atoms with van der Waals surface area (Å²) in [6.45, 7) is 2.74. The van der Waals surface area contributed by atoms with Crippen molar-refractivity contribution in [1.29, 1.82) is 0 Å². The van der Waals surface area contributed by atoms with Gasteiger partial charge in [-0.25, -0.2) is 4.39 Å². The highest BCUT2D eigenvalue weighted by atomic mass is 32.2. The van der Waals surface area contributed by atoms with Crippen molar-refractivity contribution in [1.82, 2.24) is 5.32 Å². The first kappa shape index (κ1) is 16.6. The van der Waals surface area contributed by atoms with Crippen LogP contribution in [0.5, 0.6) is 0 Å². The van der Waals surface area contributed by atoms with E-state index in [1.54, 1.807) is 12.1 Å². The van der Waals surface area contributed by atoms with E-state index in [0.29, 0.717) is 24.0 Å². The summed E-state index contributed by atoms with van der Waals surface area (Å²) in [5, 5.41) is 2.96. The number of rotatable bonds is 7. The first-order valence-corrected chi connectivity index (χ1v) is 8.44. The van der Waals surface area contributed by atoms with Crippen LogP contribution in [0, 0.1) is 5.82 Å². The van der Waals surface area contributed by atoms with Crippen molar-refractivity contribution >= 4 is 17.7 Å². The number of hydrogen-bond acceptors (Lipinski definition) is 2. The van der Waals surface area contributed by atoms with Gasteiger partial charge in [0.1, 0.15) is 5.82 Å². The van der Waals surface area contributed by atoms with Gasteiger partial charge < -0.3 is 5.32 Å². The van der Waals surface area contributed by atoms with Crippen molar-refractivity contribution in [3.63, 3.8) is 0 Å². The standard InChI is InChI=1S/C18H20FNOS/c1-14(16-5-3-2-4-6-16)11-20-18(21)13-22-12-15-7-9-17(19)10-8-15/h2-10,14H,11-13H2,1H3,(H,20,21)/t14-/m0/s1. The molecule has 1 atom stereocenters. The van der Waals surface area contributed by atoms with Crippen molar-refractivity contribution in [3.05, 3.63) is 71.5 Å². The summed E-state index contributed by atoms with van der Waals surface area (Å²) in [4.78, 5) is 11.8. The normalized spacial score (nSPS) is 11.9. The highest BCUT2D eigenvalue weighted by molar-refractivity contribution is 7.99. The van der Waals surface area contributed by atoms with Gasteiger partial charge in [-0.2, -0.15) is 0 Å². The topological polar surface area (TPSA) is 29.1 Å². The zero-order chi connectivity index (χ0) is 15.8. The SMILES string of the molecule is C[C@@H](CNC(=O)CSCc1ccc(F)cc1)c1ccccc1. The van der Waals surface area contributed by atoms with E-state index < -0.39 is 0 Å². The molecule has 4 heteroatoms. The second-order valence-corrected chi connectivity index (χ2v) is 6.22. The zero-order valence-electron chi connectivity index (χ0n) is 12.6. The molecule has 2 nitrogen and oxygen atoms in total. The third kappa shape index (κ3) is 5.53. The van der Waals surface area contributed by atoms with Gasteiger partial charge in [0.25, 0.3) is 0 Å². The fraction of sp³-hybridized carbons (Fsp3) is 0.278. The smallest absolute Gasteiger partial charge is 0.230 e. The molecule has 1 amide bonds. The molecule has 0 aliphatic carbocycles. The van der Waals surface area contributed by atoms with Gasteiger partial charge in [0.05, 0.1) is 5.75 Å². The molecule has 0 saturated heterocycles. The van der Waals surface area contributed by atoms with Gasteiger partial charge in [-0.3, -0.25) is 4.79 Å². The second-order valence-electron chi connectivity index (χ2n) is 5.24. The molecular formula is C18H20FNOS. The Hall–Kier alpha value is -1.81. The minimum Gasteiger partial charge on any atom is -0.355 e. The fourth-order valence-corrected chi connectivity index (χ4v) is 2.88. The molecule has 0 fully saturated rings. The van der Waals surface area contributed by atoms with Crippen LogP contribution in [0.25, 0.3) is 0 Å². The molecule has 0 radical (unpaired) electrons. The van der Waals surface area contributed by atoms with Gasteiger partial charge in [0.2, 0.25) is 5.91 Å². The van der Waals surface area contributed by atoms with E-state index in [2.05, 4.69) is 24.4 Å². The molecule has 0 saturated carbocycles. The van der Waals surface area contributed by atoms with Gasteiger partial charge >= 0.3 is 0 Å². The molecule has 116 valence electrons. The van der Waals surface area contributed by atoms with E-state index in [1.807, 2.05) is 18.2 Å². The molecule has 0 aromatic heterocycles. The predicted octanol–water partition coefficient (Wildman–Crippen LogP) is 3.98. The Kier molecular flexibility index (Phi) is 6.46. The number of carbonyl (C=O) groups excluding carboxylic acids is 1. The number of halogens is 1. The maximum atomic E-state index is 12.8. The van der Waals surface area contributed by atoms with Gasteiger partial charge in [0, 0.05) is 12.3 Å². The Labute approximate surface area is 135 Å². The van der Waals surface area contributed by atoms with Crippen LogP contribution in [-0.2, 0) is 10.5 Å². The number of hydrogen-bond donors (Lipinski definition) is 1. The van der Waals surface area contributed by atoms with Crippen LogP contribution in [0.2, 0.25) is 0 Å². The largest absolute Gasteiger partial charge is 0.355 e. The molecule has 2 aromatic rings. The maximum Gasteiger partial charge on any atom is 0.230 e. The van der Waals surface area contributed by atoms with E-state index in [9.17, 15) is 9.18 Å². The molecule has 2 aromatic carbocycles. The lowest BCUT2D eigenvalue weighted by Gasteiger charge is -2.13. The van der Waals surface area contributed by atoms with E-state index in [4.69, 9.17) is 0 Å². The van der Waals surface area contributed by atoms with Crippen LogP contribution >= 0.6 is 11.8 Å². The van der Waals surface area contributed by atoms with Crippen molar-refractivity contribution in [3.8, 4) is 0 Å². The van der Waals surface area contributed by atoms with Gasteiger partial charge in [-0.15, -0.1) is 11.8 Å². The molecule has 0 heterocycles. The molecule has 0 aliphatic rings. The number of thioether (sulfide) groups is 1. The molecule has 1 N–H and O–H groups in total. The Balaban J connectivity index is 1.66. The summed E-state index contributed by atoms with van der Waals surface area (Å²) in [6.07, 6.45) is 0. The Morgan fingerprint density at radius 1 is 1.14 bits per heavy atom. The maximum absolute atomic E-state index is 12.8. The van der Waals surface area contributed by atoms with E-state index in [1.165, 1.54) is 29.5 Å². The summed E-state index contributed by atoms with van der Waals surface area (Å²) in [5.41, 5.74) is 2.25. The van der Waals surface area contributed by atoms with Crippen molar-refractivity contribution < 1.29 is 9.18 Å². The first-order chi connectivity index (χ1) is 10.6. The number of carbonyl (C=O) groups is 1. The molecule has 0 aliphatic heterocycles. The van der Waals surface area contributed by atoms with Crippen LogP contribution in [0.3, 0.4) is 0 Å². The lowest BCUT2D eigenvalue weighted by atomic mass is 10.0. The van der Waals surface area contributed by atoms with Crippen LogP contribution in [0.4, 0.5) is 4.39 Å². The first-order valence-electron chi connectivity index (χ1n) is 7.29. The van der Waals surface area contributed by atoms with Crippen molar-refractivity contribution in [2.75, 3.05) is 12.3 Å². The second kappa shape index (κ2) is 8.59. The number of benzene rings is 2. The number of amides is 1. The molecule has 22 heavy (non-hydrogen) atoms. The van der Waals surface area contributed by atoms with Gasteiger partial charge in [0.15, 0.2) is 0 Å². The van der Waals surface area contributed by atoms with E-state index in [0.717, 1.165) is 5.56 Å². The average molecular weight is 317 g/mol.